The zero-order valence-electron chi connectivity index (χ0n) is 13.7. The largest absolute Gasteiger partial charge is 0.456 e. The van der Waals surface area contributed by atoms with Crippen molar-refractivity contribution in [2.75, 3.05) is 18.4 Å². The van der Waals surface area contributed by atoms with Crippen LogP contribution < -0.4 is 5.32 Å². The minimum absolute atomic E-state index is 0.0813. The summed E-state index contributed by atoms with van der Waals surface area (Å²) in [5, 5.41) is 2.13. The molecule has 0 saturated carbocycles. The fourth-order valence-electron chi connectivity index (χ4n) is 2.21. The lowest BCUT2D eigenvalue weighted by Gasteiger charge is -2.20. The van der Waals surface area contributed by atoms with Crippen LogP contribution >= 0.6 is 0 Å². The quantitative estimate of drug-likeness (QED) is 0.808. The number of carbonyl (C=O) groups is 2. The summed E-state index contributed by atoms with van der Waals surface area (Å²) >= 11 is 0. The van der Waals surface area contributed by atoms with Crippen molar-refractivity contribution in [1.82, 2.24) is 4.90 Å². The molecule has 1 aromatic heterocycles. The average Bonchev–Trinajstić information content (AvgIpc) is 3.01. The molecule has 0 aliphatic heterocycles. The van der Waals surface area contributed by atoms with Gasteiger partial charge in [-0.25, -0.2) is 13.2 Å². The molecular weight excluding hydrogens is 337 g/mol. The van der Waals surface area contributed by atoms with Crippen molar-refractivity contribution < 1.29 is 27.2 Å². The highest BCUT2D eigenvalue weighted by Crippen LogP contribution is 2.19. The highest BCUT2D eigenvalue weighted by atomic mass is 19.2. The molecule has 0 atom stereocenters. The second-order valence-electron chi connectivity index (χ2n) is 5.41. The number of aryl methyl sites for hydroxylation is 1. The number of furan rings is 1. The summed E-state index contributed by atoms with van der Waals surface area (Å²) in [6, 6.07) is 4.73. The van der Waals surface area contributed by atoms with Crippen LogP contribution in [-0.2, 0) is 4.79 Å². The van der Waals surface area contributed by atoms with Crippen LogP contribution in [0.4, 0.5) is 18.9 Å². The number of hydrogen-bond acceptors (Lipinski definition) is 3. The van der Waals surface area contributed by atoms with Crippen LogP contribution in [0.2, 0.25) is 0 Å². The topological polar surface area (TPSA) is 62.6 Å². The maximum Gasteiger partial charge on any atom is 0.290 e. The van der Waals surface area contributed by atoms with Gasteiger partial charge in [0.05, 0.1) is 5.69 Å². The van der Waals surface area contributed by atoms with Gasteiger partial charge in [0, 0.05) is 6.54 Å². The summed E-state index contributed by atoms with van der Waals surface area (Å²) in [4.78, 5) is 25.7. The van der Waals surface area contributed by atoms with Crippen molar-refractivity contribution in [2.24, 2.45) is 0 Å². The van der Waals surface area contributed by atoms with E-state index in [1.807, 2.05) is 6.92 Å². The Morgan fingerprint density at radius 1 is 1.12 bits per heavy atom. The van der Waals surface area contributed by atoms with E-state index in [1.54, 1.807) is 13.0 Å². The van der Waals surface area contributed by atoms with E-state index in [0.717, 1.165) is 6.07 Å². The molecule has 25 heavy (non-hydrogen) atoms. The molecule has 0 radical (unpaired) electrons. The molecule has 8 heteroatoms. The van der Waals surface area contributed by atoms with Gasteiger partial charge in [0.2, 0.25) is 5.91 Å². The molecule has 0 unspecified atom stereocenters. The number of hydrogen-bond donors (Lipinski definition) is 1. The van der Waals surface area contributed by atoms with Crippen molar-refractivity contribution >= 4 is 17.5 Å². The van der Waals surface area contributed by atoms with Crippen molar-refractivity contribution in [3.05, 3.63) is 53.2 Å². The summed E-state index contributed by atoms with van der Waals surface area (Å²) in [6.45, 7) is 3.39. The minimum Gasteiger partial charge on any atom is -0.456 e. The summed E-state index contributed by atoms with van der Waals surface area (Å²) < 4.78 is 45.0. The molecule has 2 amide bonds. The smallest absolute Gasteiger partial charge is 0.290 e. The number of nitrogens with one attached hydrogen (secondary N) is 1. The Morgan fingerprint density at radius 3 is 2.44 bits per heavy atom. The summed E-state index contributed by atoms with van der Waals surface area (Å²) in [5.41, 5.74) is -0.498. The van der Waals surface area contributed by atoms with Crippen LogP contribution in [0.5, 0.6) is 0 Å². The zero-order valence-corrected chi connectivity index (χ0v) is 13.7. The monoisotopic (exact) mass is 354 g/mol. The van der Waals surface area contributed by atoms with E-state index in [4.69, 9.17) is 4.42 Å². The van der Waals surface area contributed by atoms with Crippen LogP contribution in [0.15, 0.2) is 28.7 Å². The van der Waals surface area contributed by atoms with E-state index in [-0.39, 0.29) is 18.8 Å². The Kier molecular flexibility index (Phi) is 5.84. The first-order valence-electron chi connectivity index (χ1n) is 7.62. The Balaban J connectivity index is 2.10. The van der Waals surface area contributed by atoms with Crippen molar-refractivity contribution in [1.29, 1.82) is 0 Å². The van der Waals surface area contributed by atoms with Gasteiger partial charge >= 0.3 is 0 Å². The number of benzene rings is 1. The van der Waals surface area contributed by atoms with E-state index in [1.165, 1.54) is 11.0 Å². The van der Waals surface area contributed by atoms with E-state index >= 15 is 0 Å². The maximum absolute atomic E-state index is 13.6. The van der Waals surface area contributed by atoms with Gasteiger partial charge in [-0.2, -0.15) is 0 Å². The number of halogens is 3. The van der Waals surface area contributed by atoms with Gasteiger partial charge in [-0.3, -0.25) is 9.59 Å². The van der Waals surface area contributed by atoms with Gasteiger partial charge in [-0.15, -0.1) is 0 Å². The first kappa shape index (κ1) is 18.6. The average molecular weight is 354 g/mol. The summed E-state index contributed by atoms with van der Waals surface area (Å²) in [5.74, 6) is -5.13. The third-order valence-corrected chi connectivity index (χ3v) is 3.38. The molecular formula is C17H17F3N2O3. The zero-order chi connectivity index (χ0) is 18.6. The normalized spacial score (nSPS) is 10.6. The molecule has 0 saturated heterocycles. The van der Waals surface area contributed by atoms with Crippen molar-refractivity contribution in [3.63, 3.8) is 0 Å². The second-order valence-corrected chi connectivity index (χ2v) is 5.41. The van der Waals surface area contributed by atoms with Gasteiger partial charge in [0.25, 0.3) is 5.91 Å². The van der Waals surface area contributed by atoms with Gasteiger partial charge in [-0.05, 0) is 37.6 Å². The molecule has 134 valence electrons. The van der Waals surface area contributed by atoms with Crippen LogP contribution in [0.25, 0.3) is 0 Å². The SMILES string of the molecule is CCCN(CC(=O)Nc1ccc(F)c(F)c1F)C(=O)c1ccc(C)o1. The van der Waals surface area contributed by atoms with Crippen molar-refractivity contribution in [2.45, 2.75) is 20.3 Å². The fourth-order valence-corrected chi connectivity index (χ4v) is 2.21. The predicted octanol–water partition coefficient (Wildman–Crippen LogP) is 3.50. The molecule has 1 N–H and O–H groups in total. The number of anilines is 1. The van der Waals surface area contributed by atoms with E-state index < -0.39 is 35.0 Å². The van der Waals surface area contributed by atoms with E-state index in [9.17, 15) is 22.8 Å². The maximum atomic E-state index is 13.6. The Morgan fingerprint density at radius 2 is 1.84 bits per heavy atom. The third-order valence-electron chi connectivity index (χ3n) is 3.38. The van der Waals surface area contributed by atoms with Gasteiger partial charge in [-0.1, -0.05) is 6.92 Å². The standard InChI is InChI=1S/C17H17F3N2O3/c1-3-8-22(17(24)13-7-4-10(2)25-13)9-14(23)21-12-6-5-11(18)15(19)16(12)20/h4-7H,3,8-9H2,1-2H3,(H,21,23). The highest BCUT2D eigenvalue weighted by Gasteiger charge is 2.22. The molecule has 2 rings (SSSR count). The lowest BCUT2D eigenvalue weighted by molar-refractivity contribution is -0.116. The van der Waals surface area contributed by atoms with E-state index in [2.05, 4.69) is 5.32 Å². The van der Waals surface area contributed by atoms with Gasteiger partial charge < -0.3 is 14.6 Å². The van der Waals surface area contributed by atoms with Crippen LogP contribution in [-0.4, -0.2) is 29.8 Å². The summed E-state index contributed by atoms with van der Waals surface area (Å²) in [6.07, 6.45) is 0.582. The molecule has 1 aromatic carbocycles. The van der Waals surface area contributed by atoms with E-state index in [0.29, 0.717) is 18.2 Å². The highest BCUT2D eigenvalue weighted by molar-refractivity contribution is 5.98. The Hall–Kier alpha value is -2.77. The molecule has 0 fully saturated rings. The molecule has 0 aliphatic carbocycles. The lowest BCUT2D eigenvalue weighted by atomic mass is 10.2. The second kappa shape index (κ2) is 7.87. The summed E-state index contributed by atoms with van der Waals surface area (Å²) in [7, 11) is 0. The first-order chi connectivity index (χ1) is 11.8. The van der Waals surface area contributed by atoms with Crippen LogP contribution in [0.1, 0.15) is 29.7 Å². The fraction of sp³-hybridized carbons (Fsp3) is 0.294. The van der Waals surface area contributed by atoms with Gasteiger partial charge in [0.15, 0.2) is 23.2 Å². The predicted molar refractivity (Wildman–Crippen MR) is 84.6 cm³/mol. The molecule has 0 aliphatic rings. The molecule has 0 bridgehead atoms. The van der Waals surface area contributed by atoms with Crippen LogP contribution in [0, 0.1) is 24.4 Å². The molecule has 2 aromatic rings. The number of carbonyl (C=O) groups excluding carboxylic acids is 2. The number of nitrogens with zero attached hydrogens (tertiary/aromatic N) is 1. The number of amides is 2. The van der Waals surface area contributed by atoms with Crippen LogP contribution in [0.3, 0.4) is 0 Å². The Bertz CT molecular complexity index is 789. The first-order valence-corrected chi connectivity index (χ1v) is 7.62. The lowest BCUT2D eigenvalue weighted by Crippen LogP contribution is -2.38. The Labute approximate surface area is 142 Å². The third kappa shape index (κ3) is 4.40. The molecule has 1 heterocycles. The molecule has 0 spiro atoms. The van der Waals surface area contributed by atoms with Crippen molar-refractivity contribution in [3.8, 4) is 0 Å². The minimum atomic E-state index is -1.68. The number of rotatable bonds is 6. The van der Waals surface area contributed by atoms with Gasteiger partial charge in [0.1, 0.15) is 12.3 Å². The molecule has 5 nitrogen and oxygen atoms in total.